The maximum absolute atomic E-state index is 12.8. The van der Waals surface area contributed by atoms with Gasteiger partial charge in [0.05, 0.1) is 28.7 Å². The summed E-state index contributed by atoms with van der Waals surface area (Å²) in [5, 5.41) is 0.491. The number of cyclic esters (lactones) is 1. The van der Waals surface area contributed by atoms with Gasteiger partial charge in [0.2, 0.25) is 0 Å². The Balaban J connectivity index is 1.51. The summed E-state index contributed by atoms with van der Waals surface area (Å²) in [6, 6.07) is 13.3. The van der Waals surface area contributed by atoms with E-state index >= 15 is 0 Å². The Morgan fingerprint density at radius 1 is 1.10 bits per heavy atom. The van der Waals surface area contributed by atoms with E-state index in [9.17, 15) is 19.2 Å². The highest BCUT2D eigenvalue weighted by Crippen LogP contribution is 2.14. The van der Waals surface area contributed by atoms with Gasteiger partial charge in [-0.25, -0.2) is 19.5 Å². The quantitative estimate of drug-likeness (QED) is 0.607. The van der Waals surface area contributed by atoms with E-state index in [4.69, 9.17) is 4.74 Å². The van der Waals surface area contributed by atoms with Gasteiger partial charge in [-0.15, -0.1) is 0 Å². The van der Waals surface area contributed by atoms with Crippen molar-refractivity contribution in [1.82, 2.24) is 14.5 Å². The molecule has 2 amide bonds. The third kappa shape index (κ3) is 3.52. The Hall–Kier alpha value is -4.01. The maximum Gasteiger partial charge on any atom is 0.416 e. The second kappa shape index (κ2) is 7.78. The van der Waals surface area contributed by atoms with E-state index in [1.54, 1.807) is 37.3 Å². The molecule has 30 heavy (non-hydrogen) atoms. The first kappa shape index (κ1) is 19.3. The summed E-state index contributed by atoms with van der Waals surface area (Å²) in [4.78, 5) is 53.7. The number of aromatic nitrogens is 2. The Bertz CT molecular complexity index is 1220. The number of carbonyl (C=O) groups excluding carboxylic acids is 3. The standard InChI is InChI=1S/C21H17N3O6/c1-13-22-17-5-3-2-4-16(17)19(26)24(13)15-8-6-14(7-9-15)20(27)30-12-18(25)23-10-11-29-21(23)28/h2-9H,10-12H2,1H3. The summed E-state index contributed by atoms with van der Waals surface area (Å²) in [6.07, 6.45) is -0.745. The molecule has 0 unspecified atom stereocenters. The molecule has 2 heterocycles. The van der Waals surface area contributed by atoms with Crippen molar-refractivity contribution >= 4 is 28.9 Å². The lowest BCUT2D eigenvalue weighted by Crippen LogP contribution is -2.35. The van der Waals surface area contributed by atoms with Crippen molar-refractivity contribution in [2.75, 3.05) is 19.8 Å². The van der Waals surface area contributed by atoms with Crippen LogP contribution in [0.5, 0.6) is 0 Å². The lowest BCUT2D eigenvalue weighted by Gasteiger charge is -2.12. The van der Waals surface area contributed by atoms with Crippen molar-refractivity contribution in [2.45, 2.75) is 6.92 Å². The molecule has 1 fully saturated rings. The molecule has 1 aromatic heterocycles. The first-order valence-electron chi connectivity index (χ1n) is 9.19. The predicted molar refractivity (Wildman–Crippen MR) is 105 cm³/mol. The molecular formula is C21H17N3O6. The Morgan fingerprint density at radius 3 is 2.53 bits per heavy atom. The fourth-order valence-electron chi connectivity index (χ4n) is 3.20. The van der Waals surface area contributed by atoms with E-state index in [1.807, 2.05) is 6.07 Å². The number of rotatable bonds is 4. The first-order chi connectivity index (χ1) is 14.5. The smallest absolute Gasteiger partial charge is 0.416 e. The molecule has 0 bridgehead atoms. The van der Waals surface area contributed by atoms with Crippen LogP contribution in [0.3, 0.4) is 0 Å². The Labute approximate surface area is 170 Å². The molecular weight excluding hydrogens is 390 g/mol. The van der Waals surface area contributed by atoms with Crippen molar-refractivity contribution < 1.29 is 23.9 Å². The SMILES string of the molecule is Cc1nc2ccccc2c(=O)n1-c1ccc(C(=O)OCC(=O)N2CCOC2=O)cc1. The number of aryl methyl sites for hydroxylation is 1. The van der Waals surface area contributed by atoms with Crippen molar-refractivity contribution in [3.63, 3.8) is 0 Å². The van der Waals surface area contributed by atoms with Gasteiger partial charge < -0.3 is 9.47 Å². The van der Waals surface area contributed by atoms with Gasteiger partial charge in [-0.3, -0.25) is 14.2 Å². The second-order valence-corrected chi connectivity index (χ2v) is 6.60. The van der Waals surface area contributed by atoms with E-state index in [0.717, 1.165) is 4.90 Å². The first-order valence-corrected chi connectivity index (χ1v) is 9.19. The molecule has 1 saturated heterocycles. The van der Waals surface area contributed by atoms with E-state index in [1.165, 1.54) is 16.7 Å². The molecule has 1 aliphatic rings. The number of ether oxygens (including phenoxy) is 2. The number of hydrogen-bond donors (Lipinski definition) is 0. The molecule has 0 radical (unpaired) electrons. The van der Waals surface area contributed by atoms with Crippen LogP contribution in [-0.2, 0) is 14.3 Å². The molecule has 0 spiro atoms. The average molecular weight is 407 g/mol. The number of para-hydroxylation sites is 1. The minimum atomic E-state index is -0.745. The number of esters is 1. The van der Waals surface area contributed by atoms with Crippen LogP contribution < -0.4 is 5.56 Å². The zero-order chi connectivity index (χ0) is 21.3. The number of nitrogens with zero attached hydrogens (tertiary/aromatic N) is 3. The van der Waals surface area contributed by atoms with Gasteiger partial charge >= 0.3 is 12.1 Å². The van der Waals surface area contributed by atoms with Crippen molar-refractivity contribution in [3.8, 4) is 5.69 Å². The average Bonchev–Trinajstić information content (AvgIpc) is 3.18. The molecule has 1 aliphatic heterocycles. The molecule has 9 nitrogen and oxygen atoms in total. The van der Waals surface area contributed by atoms with Gasteiger partial charge in [-0.2, -0.15) is 0 Å². The van der Waals surface area contributed by atoms with Gasteiger partial charge in [0, 0.05) is 0 Å². The number of fused-ring (bicyclic) bond motifs is 1. The fraction of sp³-hybridized carbons (Fsp3) is 0.190. The van der Waals surface area contributed by atoms with Crippen LogP contribution in [0.4, 0.5) is 4.79 Å². The summed E-state index contributed by atoms with van der Waals surface area (Å²) < 4.78 is 11.1. The molecule has 3 aromatic rings. The second-order valence-electron chi connectivity index (χ2n) is 6.60. The van der Waals surface area contributed by atoms with E-state index < -0.39 is 24.6 Å². The highest BCUT2D eigenvalue weighted by atomic mass is 16.6. The normalized spacial score (nSPS) is 13.4. The van der Waals surface area contributed by atoms with E-state index in [0.29, 0.717) is 22.4 Å². The van der Waals surface area contributed by atoms with Gasteiger partial charge in [0.1, 0.15) is 12.4 Å². The summed E-state index contributed by atoms with van der Waals surface area (Å²) in [7, 11) is 0. The van der Waals surface area contributed by atoms with Crippen LogP contribution in [0.25, 0.3) is 16.6 Å². The number of carbonyl (C=O) groups is 3. The molecule has 0 saturated carbocycles. The Kier molecular flexibility index (Phi) is 5.01. The number of hydrogen-bond acceptors (Lipinski definition) is 7. The lowest BCUT2D eigenvalue weighted by atomic mass is 10.2. The van der Waals surface area contributed by atoms with Gasteiger partial charge in [0.25, 0.3) is 11.5 Å². The van der Waals surface area contributed by atoms with Crippen LogP contribution >= 0.6 is 0 Å². The third-order valence-electron chi connectivity index (χ3n) is 4.69. The van der Waals surface area contributed by atoms with Crippen LogP contribution in [0, 0.1) is 6.92 Å². The summed E-state index contributed by atoms with van der Waals surface area (Å²) in [5.41, 5.74) is 1.15. The monoisotopic (exact) mass is 407 g/mol. The van der Waals surface area contributed by atoms with Gasteiger partial charge in [0.15, 0.2) is 6.61 Å². The maximum atomic E-state index is 12.8. The molecule has 9 heteroatoms. The molecule has 0 aliphatic carbocycles. The third-order valence-corrected chi connectivity index (χ3v) is 4.69. The van der Waals surface area contributed by atoms with Crippen LogP contribution in [-0.4, -0.2) is 52.2 Å². The Morgan fingerprint density at radius 2 is 1.83 bits per heavy atom. The minimum Gasteiger partial charge on any atom is -0.452 e. The molecule has 2 aromatic carbocycles. The van der Waals surface area contributed by atoms with Gasteiger partial charge in [-0.05, 0) is 43.3 Å². The highest BCUT2D eigenvalue weighted by Gasteiger charge is 2.29. The minimum absolute atomic E-state index is 0.127. The number of amides is 2. The van der Waals surface area contributed by atoms with E-state index in [2.05, 4.69) is 9.72 Å². The zero-order valence-electron chi connectivity index (χ0n) is 16.0. The van der Waals surface area contributed by atoms with Gasteiger partial charge in [-0.1, -0.05) is 12.1 Å². The largest absolute Gasteiger partial charge is 0.452 e. The predicted octanol–water partition coefficient (Wildman–Crippen LogP) is 1.83. The zero-order valence-corrected chi connectivity index (χ0v) is 16.0. The summed E-state index contributed by atoms with van der Waals surface area (Å²) in [6.45, 7) is 1.42. The molecule has 4 rings (SSSR count). The molecule has 0 atom stereocenters. The summed E-state index contributed by atoms with van der Waals surface area (Å²) >= 11 is 0. The van der Waals surface area contributed by atoms with Crippen LogP contribution in [0.15, 0.2) is 53.3 Å². The lowest BCUT2D eigenvalue weighted by molar-refractivity contribution is -0.131. The summed E-state index contributed by atoms with van der Waals surface area (Å²) in [5.74, 6) is -0.854. The van der Waals surface area contributed by atoms with E-state index in [-0.39, 0.29) is 24.3 Å². The van der Waals surface area contributed by atoms with Crippen LogP contribution in [0.1, 0.15) is 16.2 Å². The highest BCUT2D eigenvalue weighted by molar-refractivity contribution is 5.96. The van der Waals surface area contributed by atoms with Crippen molar-refractivity contribution in [1.29, 1.82) is 0 Å². The number of imide groups is 1. The molecule has 152 valence electrons. The topological polar surface area (TPSA) is 108 Å². The fourth-order valence-corrected chi connectivity index (χ4v) is 3.20. The van der Waals surface area contributed by atoms with Crippen molar-refractivity contribution in [2.24, 2.45) is 0 Å². The molecule has 0 N–H and O–H groups in total. The van der Waals surface area contributed by atoms with Crippen LogP contribution in [0.2, 0.25) is 0 Å². The van der Waals surface area contributed by atoms with Crippen molar-refractivity contribution in [3.05, 3.63) is 70.3 Å². The number of benzene rings is 2.